The van der Waals surface area contributed by atoms with E-state index in [0.29, 0.717) is 23.3 Å². The summed E-state index contributed by atoms with van der Waals surface area (Å²) in [5, 5.41) is 15.4. The van der Waals surface area contributed by atoms with Gasteiger partial charge < -0.3 is 20.3 Å². The van der Waals surface area contributed by atoms with Gasteiger partial charge in [-0.05, 0) is 61.1 Å². The predicted molar refractivity (Wildman–Crippen MR) is 136 cm³/mol. The minimum Gasteiger partial charge on any atom is -0.380 e. The Labute approximate surface area is 206 Å². The molecule has 180 valence electrons. The number of hydrogen-bond acceptors (Lipinski definition) is 6. The number of carbonyl (C=O) groups excluding carboxylic acids is 1. The average molecular weight is 470 g/mol. The van der Waals surface area contributed by atoms with Gasteiger partial charge in [0.2, 0.25) is 5.91 Å². The van der Waals surface area contributed by atoms with E-state index < -0.39 is 6.04 Å². The highest BCUT2D eigenvalue weighted by atomic mass is 16.5. The fourth-order valence-corrected chi connectivity index (χ4v) is 4.94. The number of aromatic nitrogens is 1. The number of rotatable bonds is 8. The smallest absolute Gasteiger partial charge is 0.247 e. The molecule has 1 aromatic heterocycles. The molecule has 35 heavy (non-hydrogen) atoms. The third kappa shape index (κ3) is 5.45. The van der Waals surface area contributed by atoms with Crippen molar-refractivity contribution in [1.29, 1.82) is 5.26 Å². The van der Waals surface area contributed by atoms with Crippen molar-refractivity contribution in [3.63, 3.8) is 0 Å². The molecule has 1 unspecified atom stereocenters. The number of pyridine rings is 1. The van der Waals surface area contributed by atoms with E-state index in [-0.39, 0.29) is 5.91 Å². The Kier molecular flexibility index (Phi) is 6.94. The van der Waals surface area contributed by atoms with Crippen molar-refractivity contribution in [3.05, 3.63) is 77.5 Å². The first-order valence-corrected chi connectivity index (χ1v) is 12.3. The normalized spacial score (nSPS) is 19.1. The van der Waals surface area contributed by atoms with Crippen molar-refractivity contribution in [2.45, 2.75) is 31.7 Å². The van der Waals surface area contributed by atoms with Crippen LogP contribution in [0.25, 0.3) is 0 Å². The monoisotopic (exact) mass is 469 g/mol. The Bertz CT molecular complexity index is 1140. The van der Waals surface area contributed by atoms with Crippen LogP contribution in [-0.4, -0.2) is 49.8 Å². The predicted octanol–water partition coefficient (Wildman–Crippen LogP) is 3.60. The lowest BCUT2D eigenvalue weighted by Crippen LogP contribution is -2.44. The van der Waals surface area contributed by atoms with Crippen LogP contribution in [0.4, 0.5) is 11.5 Å². The Balaban J connectivity index is 1.20. The largest absolute Gasteiger partial charge is 0.380 e. The summed E-state index contributed by atoms with van der Waals surface area (Å²) in [7, 11) is 0. The van der Waals surface area contributed by atoms with Crippen molar-refractivity contribution in [1.82, 2.24) is 10.3 Å². The van der Waals surface area contributed by atoms with Crippen molar-refractivity contribution in [2.24, 2.45) is 5.41 Å². The number of ether oxygens (including phenoxy) is 1. The van der Waals surface area contributed by atoms with Gasteiger partial charge in [0.25, 0.3) is 0 Å². The summed E-state index contributed by atoms with van der Waals surface area (Å²) in [4.78, 5) is 20.1. The molecule has 2 N–H and O–H groups in total. The fourth-order valence-electron chi connectivity index (χ4n) is 4.94. The van der Waals surface area contributed by atoms with Crippen LogP contribution in [0.1, 0.15) is 30.4 Å². The summed E-state index contributed by atoms with van der Waals surface area (Å²) in [6.07, 6.45) is 12.0. The number of anilines is 2. The Morgan fingerprint density at radius 1 is 1.20 bits per heavy atom. The third-order valence-corrected chi connectivity index (χ3v) is 7.08. The molecule has 3 aliphatic rings. The number of hydrogen-bond donors (Lipinski definition) is 2. The van der Waals surface area contributed by atoms with Gasteiger partial charge in [0.15, 0.2) is 0 Å². The second kappa shape index (κ2) is 10.4. The lowest BCUT2D eigenvalue weighted by molar-refractivity contribution is -0.117. The van der Waals surface area contributed by atoms with E-state index in [2.05, 4.69) is 38.7 Å². The summed E-state index contributed by atoms with van der Waals surface area (Å²) < 4.78 is 5.43. The summed E-state index contributed by atoms with van der Waals surface area (Å²) in [5.74, 6) is 0.438. The van der Waals surface area contributed by atoms with E-state index in [0.717, 1.165) is 68.8 Å². The van der Waals surface area contributed by atoms with Gasteiger partial charge in [-0.2, -0.15) is 5.26 Å². The molecule has 1 atom stereocenters. The Morgan fingerprint density at radius 3 is 2.69 bits per heavy atom. The minimum atomic E-state index is -0.455. The molecule has 3 heterocycles. The van der Waals surface area contributed by atoms with E-state index in [1.54, 1.807) is 0 Å². The van der Waals surface area contributed by atoms with Gasteiger partial charge in [0, 0.05) is 25.0 Å². The molecular formula is C28H31N5O2. The topological polar surface area (TPSA) is 90.3 Å². The van der Waals surface area contributed by atoms with E-state index in [1.165, 1.54) is 0 Å². The zero-order chi connectivity index (χ0) is 24.1. The minimum absolute atomic E-state index is 0.116. The van der Waals surface area contributed by atoms with Crippen molar-refractivity contribution >= 4 is 17.4 Å². The van der Waals surface area contributed by atoms with Crippen LogP contribution in [0.5, 0.6) is 0 Å². The van der Waals surface area contributed by atoms with Crippen LogP contribution in [-0.2, 0) is 16.0 Å². The van der Waals surface area contributed by atoms with Crippen LogP contribution >= 0.6 is 0 Å². The molecule has 0 radical (unpaired) electrons. The first-order valence-electron chi connectivity index (χ1n) is 12.3. The number of nitriles is 1. The molecule has 1 aliphatic carbocycles. The van der Waals surface area contributed by atoms with Gasteiger partial charge in [-0.3, -0.25) is 4.79 Å². The highest BCUT2D eigenvalue weighted by Crippen LogP contribution is 2.39. The first-order chi connectivity index (χ1) is 17.1. The van der Waals surface area contributed by atoms with Gasteiger partial charge in [0.1, 0.15) is 11.9 Å². The number of benzene rings is 1. The second-order valence-electron chi connectivity index (χ2n) is 9.68. The SMILES string of the molecule is N#Cc1ccc(CCNC(C(=O)Nc2ccc(N3CCC4(COC4)C3)cn2)C2=CCCC=C2)cc1. The summed E-state index contributed by atoms with van der Waals surface area (Å²) in [5.41, 5.74) is 4.16. The molecule has 7 heteroatoms. The van der Waals surface area contributed by atoms with Crippen LogP contribution in [0.2, 0.25) is 0 Å². The van der Waals surface area contributed by atoms with Crippen molar-refractivity contribution in [3.8, 4) is 6.07 Å². The third-order valence-electron chi connectivity index (χ3n) is 7.08. The lowest BCUT2D eigenvalue weighted by Gasteiger charge is -2.37. The van der Waals surface area contributed by atoms with Gasteiger partial charge in [-0.1, -0.05) is 30.4 Å². The molecule has 1 spiro atoms. The molecule has 5 rings (SSSR count). The standard InChI is InChI=1S/C28H31N5O2/c29-16-22-8-6-21(7-9-22)12-14-30-26(23-4-2-1-3-5-23)27(34)32-25-11-10-24(17-31-25)33-15-13-28(18-33)19-35-20-28/h2,4-11,17,26,30H,1,3,12-15,18-20H2,(H,31,32,34). The maximum Gasteiger partial charge on any atom is 0.247 e. The van der Waals surface area contributed by atoms with Gasteiger partial charge in [-0.25, -0.2) is 4.98 Å². The molecule has 2 aliphatic heterocycles. The van der Waals surface area contributed by atoms with Gasteiger partial charge in [0.05, 0.1) is 36.7 Å². The molecule has 1 amide bonds. The lowest BCUT2D eigenvalue weighted by atomic mass is 9.85. The molecule has 0 saturated carbocycles. The highest BCUT2D eigenvalue weighted by Gasteiger charge is 2.44. The van der Waals surface area contributed by atoms with Crippen molar-refractivity contribution in [2.75, 3.05) is 43.1 Å². The molecule has 0 bridgehead atoms. The van der Waals surface area contributed by atoms with E-state index in [4.69, 9.17) is 10.00 Å². The van der Waals surface area contributed by atoms with Gasteiger partial charge in [-0.15, -0.1) is 0 Å². The van der Waals surface area contributed by atoms with E-state index in [9.17, 15) is 4.79 Å². The highest BCUT2D eigenvalue weighted by molar-refractivity contribution is 5.96. The number of nitrogens with zero attached hydrogens (tertiary/aromatic N) is 3. The van der Waals surface area contributed by atoms with Crippen LogP contribution < -0.4 is 15.5 Å². The number of allylic oxidation sites excluding steroid dienone is 2. The zero-order valence-corrected chi connectivity index (χ0v) is 19.9. The zero-order valence-electron chi connectivity index (χ0n) is 19.9. The number of amides is 1. The number of nitrogens with one attached hydrogen (secondary N) is 2. The molecular weight excluding hydrogens is 438 g/mol. The second-order valence-corrected chi connectivity index (χ2v) is 9.68. The average Bonchev–Trinajstić information content (AvgIpc) is 3.35. The fraction of sp³-hybridized carbons (Fsp3) is 0.393. The van der Waals surface area contributed by atoms with Gasteiger partial charge >= 0.3 is 0 Å². The first kappa shape index (κ1) is 23.3. The van der Waals surface area contributed by atoms with E-state index in [1.807, 2.05) is 48.7 Å². The molecule has 2 saturated heterocycles. The van der Waals surface area contributed by atoms with Crippen molar-refractivity contribution < 1.29 is 9.53 Å². The van der Waals surface area contributed by atoms with E-state index >= 15 is 0 Å². The Morgan fingerprint density at radius 2 is 2.06 bits per heavy atom. The molecule has 1 aromatic carbocycles. The quantitative estimate of drug-likeness (QED) is 0.614. The maximum atomic E-state index is 13.3. The number of carbonyl (C=O) groups is 1. The molecule has 7 nitrogen and oxygen atoms in total. The maximum absolute atomic E-state index is 13.3. The summed E-state index contributed by atoms with van der Waals surface area (Å²) in [6.45, 7) is 4.38. The summed E-state index contributed by atoms with van der Waals surface area (Å²) >= 11 is 0. The van der Waals surface area contributed by atoms with Crippen LogP contribution in [0.15, 0.2) is 66.4 Å². The molecule has 2 aromatic rings. The van der Waals surface area contributed by atoms with Crippen LogP contribution in [0, 0.1) is 16.7 Å². The van der Waals surface area contributed by atoms with Crippen LogP contribution in [0.3, 0.4) is 0 Å². The Hall–Kier alpha value is -3.47. The summed E-state index contributed by atoms with van der Waals surface area (Å²) in [6, 6.07) is 13.2. The molecule has 2 fully saturated rings.